The summed E-state index contributed by atoms with van der Waals surface area (Å²) in [7, 11) is 0. The smallest absolute Gasteiger partial charge is 0.369 e. The first kappa shape index (κ1) is 21.6. The highest BCUT2D eigenvalue weighted by Crippen LogP contribution is 2.32. The summed E-state index contributed by atoms with van der Waals surface area (Å²) in [4.78, 5) is 28.3. The van der Waals surface area contributed by atoms with Crippen LogP contribution in [0.5, 0.6) is 0 Å². The molecular weight excluding hydrogens is 486 g/mol. The van der Waals surface area contributed by atoms with Crippen LogP contribution in [0.1, 0.15) is 30.6 Å². The second kappa shape index (κ2) is 8.87. The van der Waals surface area contributed by atoms with Crippen LogP contribution in [-0.4, -0.2) is 74.8 Å². The molecule has 0 bridgehead atoms. The van der Waals surface area contributed by atoms with Crippen LogP contribution in [0.3, 0.4) is 0 Å². The molecule has 4 rings (SSSR count). The van der Waals surface area contributed by atoms with Crippen LogP contribution in [0.25, 0.3) is 16.2 Å². The molecule has 0 spiro atoms. The van der Waals surface area contributed by atoms with Gasteiger partial charge in [0, 0.05) is 36.6 Å². The van der Waals surface area contributed by atoms with Crippen molar-refractivity contribution in [2.45, 2.75) is 20.8 Å². The number of anilines is 1. The molecule has 0 radical (unpaired) electrons. The van der Waals surface area contributed by atoms with Crippen LogP contribution in [-0.2, 0) is 9.53 Å². The molecular formula is C19H22BrN7O3S. The maximum atomic E-state index is 12.3. The Bertz CT molecular complexity index is 1120. The number of rotatable bonds is 5. The van der Waals surface area contributed by atoms with Crippen LogP contribution in [0, 0.1) is 5.92 Å². The lowest BCUT2D eigenvalue weighted by Gasteiger charge is -2.37. The Labute approximate surface area is 191 Å². The van der Waals surface area contributed by atoms with Gasteiger partial charge in [-0.2, -0.15) is 4.68 Å². The third kappa shape index (κ3) is 4.26. The van der Waals surface area contributed by atoms with Gasteiger partial charge in [-0.1, -0.05) is 46.3 Å². The number of esters is 1. The number of hydrogen-bond acceptors (Lipinski definition) is 9. The Morgan fingerprint density at radius 2 is 1.90 bits per heavy atom. The van der Waals surface area contributed by atoms with Crippen molar-refractivity contribution < 1.29 is 14.3 Å². The number of benzene rings is 1. The summed E-state index contributed by atoms with van der Waals surface area (Å²) in [5.41, 5.74) is 2.40. The summed E-state index contributed by atoms with van der Waals surface area (Å²) in [5, 5.41) is 17.2. The average Bonchev–Trinajstić information content (AvgIpc) is 3.40. The highest BCUT2D eigenvalue weighted by Gasteiger charge is 2.26. The summed E-state index contributed by atoms with van der Waals surface area (Å²) >= 11 is 4.68. The fourth-order valence-electron chi connectivity index (χ4n) is 3.46. The zero-order chi connectivity index (χ0) is 22.1. The van der Waals surface area contributed by atoms with Gasteiger partial charge in [-0.05, 0) is 19.1 Å². The van der Waals surface area contributed by atoms with Crippen LogP contribution < -0.4 is 4.90 Å². The van der Waals surface area contributed by atoms with Crippen molar-refractivity contribution in [3.63, 3.8) is 0 Å². The standard InChI is InChI=1S/C19H22BrN7O3S/c1-4-30-18(29)16-22-23-19(31-16)27-14-10-12(20)9-13(15(14)21-24-27)25-5-7-26(8-6-25)17(28)11(2)3/h9-11H,4-8H2,1-3H3. The first-order valence-corrected chi connectivity index (χ1v) is 11.6. The number of piperazine rings is 1. The highest BCUT2D eigenvalue weighted by molar-refractivity contribution is 9.10. The Hall–Kier alpha value is -2.60. The van der Waals surface area contributed by atoms with Crippen LogP contribution in [0.15, 0.2) is 16.6 Å². The SMILES string of the molecule is CCOC(=O)c1nnc(-n2nnc3c(N4CCN(C(=O)C(C)C)CC4)cc(Br)cc32)s1. The third-order valence-corrected chi connectivity index (χ3v) is 6.30. The van der Waals surface area contributed by atoms with Crippen molar-refractivity contribution in [2.75, 3.05) is 37.7 Å². The lowest BCUT2D eigenvalue weighted by molar-refractivity contribution is -0.134. The zero-order valence-corrected chi connectivity index (χ0v) is 19.8. The predicted molar refractivity (Wildman–Crippen MR) is 120 cm³/mol. The van der Waals surface area contributed by atoms with Crippen molar-refractivity contribution in [1.29, 1.82) is 0 Å². The Balaban J connectivity index is 1.62. The van der Waals surface area contributed by atoms with E-state index >= 15 is 0 Å². The number of ether oxygens (including phenoxy) is 1. The molecule has 1 fully saturated rings. The van der Waals surface area contributed by atoms with E-state index in [1.54, 1.807) is 11.6 Å². The van der Waals surface area contributed by atoms with Crippen molar-refractivity contribution in [2.24, 2.45) is 5.92 Å². The van der Waals surface area contributed by atoms with E-state index in [-0.39, 0.29) is 23.4 Å². The Morgan fingerprint density at radius 3 is 2.58 bits per heavy atom. The van der Waals surface area contributed by atoms with Crippen LogP contribution in [0.4, 0.5) is 5.69 Å². The van der Waals surface area contributed by atoms with Crippen LogP contribution in [0.2, 0.25) is 0 Å². The molecule has 10 nitrogen and oxygen atoms in total. The van der Waals surface area contributed by atoms with E-state index in [0.29, 0.717) is 31.3 Å². The van der Waals surface area contributed by atoms with E-state index in [4.69, 9.17) is 4.74 Å². The van der Waals surface area contributed by atoms with Gasteiger partial charge in [-0.15, -0.1) is 15.3 Å². The van der Waals surface area contributed by atoms with Crippen molar-refractivity contribution in [1.82, 2.24) is 30.1 Å². The van der Waals surface area contributed by atoms with E-state index in [2.05, 4.69) is 41.3 Å². The molecule has 1 aromatic carbocycles. The van der Waals surface area contributed by atoms with Gasteiger partial charge in [0.2, 0.25) is 16.0 Å². The molecule has 2 aromatic heterocycles. The molecule has 0 N–H and O–H groups in total. The van der Waals surface area contributed by atoms with E-state index in [1.807, 2.05) is 30.9 Å². The predicted octanol–water partition coefficient (Wildman–Crippen LogP) is 2.52. The van der Waals surface area contributed by atoms with Crippen molar-refractivity contribution in [3.05, 3.63) is 21.6 Å². The van der Waals surface area contributed by atoms with Gasteiger partial charge in [-0.25, -0.2) is 4.79 Å². The molecule has 0 saturated carbocycles. The number of halogens is 1. The second-order valence-electron chi connectivity index (χ2n) is 7.37. The van der Waals surface area contributed by atoms with Crippen molar-refractivity contribution in [3.8, 4) is 5.13 Å². The highest BCUT2D eigenvalue weighted by atomic mass is 79.9. The molecule has 3 aromatic rings. The topological polar surface area (TPSA) is 106 Å². The number of nitrogens with zero attached hydrogens (tertiary/aromatic N) is 7. The van der Waals surface area contributed by atoms with E-state index in [0.717, 1.165) is 32.5 Å². The van der Waals surface area contributed by atoms with Gasteiger partial charge in [0.1, 0.15) is 11.0 Å². The third-order valence-electron chi connectivity index (χ3n) is 4.97. The lowest BCUT2D eigenvalue weighted by atomic mass is 10.1. The van der Waals surface area contributed by atoms with Crippen molar-refractivity contribution >= 4 is 55.9 Å². The zero-order valence-electron chi connectivity index (χ0n) is 17.4. The quantitative estimate of drug-likeness (QED) is 0.484. The summed E-state index contributed by atoms with van der Waals surface area (Å²) < 4.78 is 7.43. The summed E-state index contributed by atoms with van der Waals surface area (Å²) in [5.74, 6) is -0.333. The molecule has 1 aliphatic rings. The Kier molecular flexibility index (Phi) is 6.19. The molecule has 1 aliphatic heterocycles. The van der Waals surface area contributed by atoms with Gasteiger partial charge in [0.05, 0.1) is 12.3 Å². The monoisotopic (exact) mass is 507 g/mol. The molecule has 12 heteroatoms. The molecule has 0 atom stereocenters. The number of hydrogen-bond donors (Lipinski definition) is 0. The molecule has 31 heavy (non-hydrogen) atoms. The minimum Gasteiger partial charge on any atom is -0.461 e. The average molecular weight is 508 g/mol. The van der Waals surface area contributed by atoms with Gasteiger partial charge in [-0.3, -0.25) is 4.79 Å². The number of amides is 1. The first-order valence-electron chi connectivity index (χ1n) is 9.98. The normalized spacial score (nSPS) is 14.5. The minimum absolute atomic E-state index is 0.00423. The molecule has 164 valence electrons. The molecule has 1 amide bonds. The Morgan fingerprint density at radius 1 is 1.16 bits per heavy atom. The fraction of sp³-hybridized carbons (Fsp3) is 0.474. The first-order chi connectivity index (χ1) is 14.9. The van der Waals surface area contributed by atoms with Crippen LogP contribution >= 0.6 is 27.3 Å². The van der Waals surface area contributed by atoms with Gasteiger partial charge in [0.25, 0.3) is 0 Å². The van der Waals surface area contributed by atoms with E-state index in [9.17, 15) is 9.59 Å². The van der Waals surface area contributed by atoms with Gasteiger partial charge in [0.15, 0.2) is 0 Å². The van der Waals surface area contributed by atoms with E-state index in [1.165, 1.54) is 0 Å². The number of fused-ring (bicyclic) bond motifs is 1. The maximum absolute atomic E-state index is 12.3. The number of aromatic nitrogens is 5. The fourth-order valence-corrected chi connectivity index (χ4v) is 4.60. The maximum Gasteiger partial charge on any atom is 0.369 e. The minimum atomic E-state index is -0.508. The largest absolute Gasteiger partial charge is 0.461 e. The van der Waals surface area contributed by atoms with E-state index < -0.39 is 5.97 Å². The van der Waals surface area contributed by atoms with Gasteiger partial charge < -0.3 is 14.5 Å². The summed E-state index contributed by atoms with van der Waals surface area (Å²) in [6.07, 6.45) is 0. The molecule has 0 unspecified atom stereocenters. The van der Waals surface area contributed by atoms with Gasteiger partial charge >= 0.3 is 5.97 Å². The molecule has 3 heterocycles. The number of carbonyl (C=O) groups is 2. The molecule has 1 saturated heterocycles. The second-order valence-corrected chi connectivity index (χ2v) is 9.24. The lowest BCUT2D eigenvalue weighted by Crippen LogP contribution is -2.50. The summed E-state index contributed by atoms with van der Waals surface area (Å²) in [6.45, 7) is 8.61. The number of carbonyl (C=O) groups excluding carboxylic acids is 2. The summed E-state index contributed by atoms with van der Waals surface area (Å²) in [6, 6.07) is 3.91. The molecule has 0 aliphatic carbocycles.